The molecule has 0 aliphatic carbocycles. The average Bonchev–Trinajstić information content (AvgIpc) is 2.29. The van der Waals surface area contributed by atoms with E-state index in [1.54, 1.807) is 14.2 Å². The third kappa shape index (κ3) is 2.48. The molecule has 0 fully saturated rings. The number of benzene rings is 1. The van der Waals surface area contributed by atoms with Crippen LogP contribution in [0.5, 0.6) is 11.5 Å². The van der Waals surface area contributed by atoms with E-state index in [4.69, 9.17) is 9.47 Å². The largest absolute Gasteiger partial charge is 0.515 e. The minimum Gasteiger partial charge on any atom is -0.515 e. The Morgan fingerprint density at radius 3 is 2.25 bits per heavy atom. The van der Waals surface area contributed by atoms with Gasteiger partial charge >= 0.3 is 0 Å². The van der Waals surface area contributed by atoms with E-state index < -0.39 is 0 Å². The summed E-state index contributed by atoms with van der Waals surface area (Å²) in [5.74, 6) is 1.61. The van der Waals surface area contributed by atoms with Crippen LogP contribution in [-0.2, 0) is 0 Å². The van der Waals surface area contributed by atoms with Gasteiger partial charge in [-0.15, -0.1) is 0 Å². The molecule has 0 radical (unpaired) electrons. The number of hydrogen-bond donors (Lipinski definition) is 1. The predicted octanol–water partition coefficient (Wildman–Crippen LogP) is 3.26. The van der Waals surface area contributed by atoms with Gasteiger partial charge in [0.05, 0.1) is 20.5 Å². The minimum atomic E-state index is 0.253. The number of allylic oxidation sites excluding steroid dienone is 1. The summed E-state index contributed by atoms with van der Waals surface area (Å²) in [5, 5.41) is 9.21. The van der Waals surface area contributed by atoms with Gasteiger partial charge < -0.3 is 14.6 Å². The highest BCUT2D eigenvalue weighted by Gasteiger charge is 2.10. The van der Waals surface area contributed by atoms with Gasteiger partial charge in [-0.25, -0.2) is 0 Å². The Labute approximate surface area is 96.3 Å². The summed E-state index contributed by atoms with van der Waals surface area (Å²) in [6.45, 7) is 4.05. The highest BCUT2D eigenvalue weighted by atomic mass is 16.5. The smallest absolute Gasteiger partial charge is 0.161 e. The highest BCUT2D eigenvalue weighted by molar-refractivity contribution is 5.68. The Bertz CT molecular complexity index is 381. The van der Waals surface area contributed by atoms with Crippen LogP contribution in [0.4, 0.5) is 0 Å². The predicted molar refractivity (Wildman–Crippen MR) is 65.0 cm³/mol. The molecule has 1 N–H and O–H groups in total. The van der Waals surface area contributed by atoms with Gasteiger partial charge in [0.1, 0.15) is 0 Å². The van der Waals surface area contributed by atoms with Crippen LogP contribution in [0.2, 0.25) is 0 Å². The van der Waals surface area contributed by atoms with Crippen LogP contribution in [0.3, 0.4) is 0 Å². The quantitative estimate of drug-likeness (QED) is 0.795. The second kappa shape index (κ2) is 5.45. The second-order valence-electron chi connectivity index (χ2n) is 3.81. The molecule has 1 aromatic rings. The molecule has 0 aromatic heterocycles. The molecule has 0 aliphatic heterocycles. The Morgan fingerprint density at radius 2 is 1.81 bits per heavy atom. The van der Waals surface area contributed by atoms with E-state index in [1.807, 2.05) is 32.0 Å². The first kappa shape index (κ1) is 12.4. The van der Waals surface area contributed by atoms with Gasteiger partial charge in [0.15, 0.2) is 11.5 Å². The Morgan fingerprint density at radius 1 is 1.19 bits per heavy atom. The summed E-state index contributed by atoms with van der Waals surface area (Å²) >= 11 is 0. The maximum atomic E-state index is 9.21. The lowest BCUT2D eigenvalue weighted by molar-refractivity contribution is 0.355. The molecule has 0 amide bonds. The molecule has 0 aliphatic rings. The normalized spacial score (nSPS) is 11.7. The van der Waals surface area contributed by atoms with Crippen molar-refractivity contribution in [1.82, 2.24) is 0 Å². The summed E-state index contributed by atoms with van der Waals surface area (Å²) < 4.78 is 10.4. The lowest BCUT2D eigenvalue weighted by Crippen LogP contribution is -1.96. The zero-order chi connectivity index (χ0) is 12.1. The van der Waals surface area contributed by atoms with E-state index in [0.29, 0.717) is 11.5 Å². The number of hydrogen-bond acceptors (Lipinski definition) is 3. The molecule has 0 unspecified atom stereocenters. The van der Waals surface area contributed by atoms with Gasteiger partial charge in [-0.2, -0.15) is 0 Å². The van der Waals surface area contributed by atoms with Gasteiger partial charge in [-0.05, 0) is 29.2 Å². The summed E-state index contributed by atoms with van der Waals surface area (Å²) in [6.07, 6.45) is 1.14. The summed E-state index contributed by atoms with van der Waals surface area (Å²) in [6, 6.07) is 5.60. The Balaban J connectivity index is 3.17. The first-order valence-electron chi connectivity index (χ1n) is 5.20. The SMILES string of the molecule is COc1ccc(/C(=C/O)C(C)C)cc1OC. The van der Waals surface area contributed by atoms with Crippen molar-refractivity contribution in [2.45, 2.75) is 13.8 Å². The van der Waals surface area contributed by atoms with E-state index in [-0.39, 0.29) is 5.92 Å². The topological polar surface area (TPSA) is 38.7 Å². The number of aliphatic hydroxyl groups is 1. The number of aliphatic hydroxyl groups excluding tert-OH is 1. The van der Waals surface area contributed by atoms with Gasteiger partial charge in [0, 0.05) is 0 Å². The molecule has 16 heavy (non-hydrogen) atoms. The molecule has 1 rings (SSSR count). The first-order chi connectivity index (χ1) is 7.63. The highest BCUT2D eigenvalue weighted by Crippen LogP contribution is 2.32. The molecule has 0 spiro atoms. The van der Waals surface area contributed by atoms with Gasteiger partial charge in [-0.1, -0.05) is 19.9 Å². The lowest BCUT2D eigenvalue weighted by atomic mass is 9.96. The van der Waals surface area contributed by atoms with E-state index in [9.17, 15) is 5.11 Å². The van der Waals surface area contributed by atoms with Crippen molar-refractivity contribution in [1.29, 1.82) is 0 Å². The van der Waals surface area contributed by atoms with Crippen LogP contribution in [0.15, 0.2) is 24.5 Å². The van der Waals surface area contributed by atoms with Crippen molar-refractivity contribution in [3.05, 3.63) is 30.0 Å². The summed E-state index contributed by atoms with van der Waals surface area (Å²) in [5.41, 5.74) is 1.82. The average molecular weight is 222 g/mol. The monoisotopic (exact) mass is 222 g/mol. The van der Waals surface area contributed by atoms with Crippen molar-refractivity contribution < 1.29 is 14.6 Å². The minimum absolute atomic E-state index is 0.253. The van der Waals surface area contributed by atoms with E-state index >= 15 is 0 Å². The van der Waals surface area contributed by atoms with Crippen LogP contribution < -0.4 is 9.47 Å². The first-order valence-corrected chi connectivity index (χ1v) is 5.20. The van der Waals surface area contributed by atoms with Crippen LogP contribution in [0.1, 0.15) is 19.4 Å². The fourth-order valence-electron chi connectivity index (χ4n) is 1.57. The molecule has 0 heterocycles. The van der Waals surface area contributed by atoms with E-state index in [2.05, 4.69) is 0 Å². The molecule has 3 heteroatoms. The number of methoxy groups -OCH3 is 2. The summed E-state index contributed by atoms with van der Waals surface area (Å²) in [7, 11) is 3.20. The zero-order valence-electron chi connectivity index (χ0n) is 10.2. The maximum absolute atomic E-state index is 9.21. The Hall–Kier alpha value is -1.64. The third-order valence-electron chi connectivity index (χ3n) is 2.48. The Kier molecular flexibility index (Phi) is 4.23. The zero-order valence-corrected chi connectivity index (χ0v) is 10.2. The van der Waals surface area contributed by atoms with Crippen molar-refractivity contribution in [2.24, 2.45) is 5.92 Å². The van der Waals surface area contributed by atoms with Gasteiger partial charge in [-0.3, -0.25) is 0 Å². The van der Waals surface area contributed by atoms with Crippen LogP contribution in [0.25, 0.3) is 5.57 Å². The van der Waals surface area contributed by atoms with E-state index in [0.717, 1.165) is 17.4 Å². The van der Waals surface area contributed by atoms with Crippen molar-refractivity contribution in [3.8, 4) is 11.5 Å². The second-order valence-corrected chi connectivity index (χ2v) is 3.81. The van der Waals surface area contributed by atoms with Crippen molar-refractivity contribution >= 4 is 5.57 Å². The number of ether oxygens (including phenoxy) is 2. The third-order valence-corrected chi connectivity index (χ3v) is 2.48. The van der Waals surface area contributed by atoms with E-state index in [1.165, 1.54) is 0 Å². The van der Waals surface area contributed by atoms with Crippen molar-refractivity contribution in [2.75, 3.05) is 14.2 Å². The molecular formula is C13H18O3. The molecule has 1 aromatic carbocycles. The molecule has 0 saturated heterocycles. The maximum Gasteiger partial charge on any atom is 0.161 e. The molecule has 0 atom stereocenters. The molecular weight excluding hydrogens is 204 g/mol. The van der Waals surface area contributed by atoms with Crippen LogP contribution in [0, 0.1) is 5.92 Å². The van der Waals surface area contributed by atoms with Crippen LogP contribution in [-0.4, -0.2) is 19.3 Å². The molecule has 88 valence electrons. The molecule has 3 nitrogen and oxygen atoms in total. The standard InChI is InChI=1S/C13H18O3/c1-9(2)11(8-14)10-5-6-12(15-3)13(7-10)16-4/h5-9,14H,1-4H3/b11-8+. The van der Waals surface area contributed by atoms with Gasteiger partial charge in [0.25, 0.3) is 0 Å². The van der Waals surface area contributed by atoms with Gasteiger partial charge in [0.2, 0.25) is 0 Å². The fourth-order valence-corrected chi connectivity index (χ4v) is 1.57. The molecule has 0 bridgehead atoms. The molecule has 0 saturated carbocycles. The number of rotatable bonds is 4. The van der Waals surface area contributed by atoms with Crippen LogP contribution >= 0.6 is 0 Å². The lowest BCUT2D eigenvalue weighted by Gasteiger charge is -2.13. The fraction of sp³-hybridized carbons (Fsp3) is 0.385. The van der Waals surface area contributed by atoms with Crippen molar-refractivity contribution in [3.63, 3.8) is 0 Å². The summed E-state index contributed by atoms with van der Waals surface area (Å²) in [4.78, 5) is 0.